The van der Waals surface area contributed by atoms with Crippen LogP contribution in [0.3, 0.4) is 0 Å². The molecular weight excluding hydrogens is 282 g/mol. The number of unbranched alkanes of at least 4 members (excludes halogenated alkanes) is 7. The molecule has 0 saturated carbocycles. The topological polar surface area (TPSA) is 90.7 Å². The van der Waals surface area contributed by atoms with E-state index in [9.17, 15) is 10.2 Å². The Morgan fingerprint density at radius 3 is 1.73 bits per heavy atom. The monoisotopic (exact) mass is 321 g/mol. The summed E-state index contributed by atoms with van der Waals surface area (Å²) in [6.45, 7) is 3.13. The Morgan fingerprint density at radius 2 is 1.23 bits per heavy atom. The van der Waals surface area contributed by atoms with E-state index in [1.807, 2.05) is 14.1 Å². The minimum Gasteiger partial charge on any atom is -0.870 e. The molecule has 2 atom stereocenters. The van der Waals surface area contributed by atoms with Crippen molar-refractivity contribution >= 4 is 0 Å². The molecule has 0 fully saturated rings. The quantitative estimate of drug-likeness (QED) is 0.338. The zero-order chi connectivity index (χ0) is 16.1. The fourth-order valence-electron chi connectivity index (χ4n) is 2.88. The molecule has 4 N–H and O–H groups in total. The van der Waals surface area contributed by atoms with E-state index in [4.69, 9.17) is 5.11 Å². The van der Waals surface area contributed by atoms with E-state index in [0.717, 1.165) is 12.8 Å². The molecule has 5 nitrogen and oxygen atoms in total. The largest absolute Gasteiger partial charge is 0.870 e. The number of quaternary nitrogens is 1. The van der Waals surface area contributed by atoms with Gasteiger partial charge in [-0.3, -0.25) is 0 Å². The molecule has 22 heavy (non-hydrogen) atoms. The summed E-state index contributed by atoms with van der Waals surface area (Å²) in [5.74, 6) is 0. The van der Waals surface area contributed by atoms with Crippen molar-refractivity contribution in [2.24, 2.45) is 0 Å². The molecule has 0 saturated heterocycles. The smallest absolute Gasteiger partial charge is 0.126 e. The first kappa shape index (κ1) is 24.1. The first-order valence-corrected chi connectivity index (χ1v) is 8.70. The maximum absolute atomic E-state index is 10.1. The van der Waals surface area contributed by atoms with Gasteiger partial charge in [-0.25, -0.2) is 0 Å². The summed E-state index contributed by atoms with van der Waals surface area (Å²) >= 11 is 0. The number of aliphatic hydroxyl groups is 3. The third-order valence-electron chi connectivity index (χ3n) is 4.01. The normalized spacial score (nSPS) is 14.5. The number of hydrogen-bond acceptors (Lipinski definition) is 4. The predicted molar refractivity (Wildman–Crippen MR) is 90.1 cm³/mol. The molecule has 5 heteroatoms. The fraction of sp³-hybridized carbons (Fsp3) is 1.00. The Labute approximate surface area is 136 Å². The molecule has 2 unspecified atom stereocenters. The highest BCUT2D eigenvalue weighted by Crippen LogP contribution is 2.12. The lowest BCUT2D eigenvalue weighted by Crippen LogP contribution is -2.50. The van der Waals surface area contributed by atoms with E-state index in [1.54, 1.807) is 0 Å². The lowest BCUT2D eigenvalue weighted by molar-refractivity contribution is -0.896. The molecule has 136 valence electrons. The van der Waals surface area contributed by atoms with Crippen LogP contribution in [-0.4, -0.2) is 71.3 Å². The molecule has 0 aromatic rings. The Morgan fingerprint density at radius 1 is 0.773 bits per heavy atom. The van der Waals surface area contributed by atoms with Crippen molar-refractivity contribution in [2.45, 2.75) is 76.9 Å². The van der Waals surface area contributed by atoms with Crippen molar-refractivity contribution in [3.8, 4) is 0 Å². The number of aliphatic hydroxyl groups excluding tert-OH is 3. The highest BCUT2D eigenvalue weighted by atomic mass is 16.3. The second-order valence-corrected chi connectivity index (χ2v) is 7.05. The minimum absolute atomic E-state index is 0. The van der Waals surface area contributed by atoms with Crippen LogP contribution in [0.2, 0.25) is 0 Å². The van der Waals surface area contributed by atoms with Crippen LogP contribution < -0.4 is 0 Å². The van der Waals surface area contributed by atoms with Crippen LogP contribution in [-0.2, 0) is 0 Å². The van der Waals surface area contributed by atoms with Crippen molar-refractivity contribution < 1.29 is 25.3 Å². The van der Waals surface area contributed by atoms with E-state index in [2.05, 4.69) is 6.92 Å². The molecule has 0 aliphatic rings. The Kier molecular flexibility index (Phi) is 15.7. The van der Waals surface area contributed by atoms with Gasteiger partial charge in [0.25, 0.3) is 0 Å². The summed E-state index contributed by atoms with van der Waals surface area (Å²) in [6.07, 6.45) is 10.1. The molecule has 0 radical (unpaired) electrons. The average molecular weight is 322 g/mol. The fourth-order valence-corrected chi connectivity index (χ4v) is 2.88. The van der Waals surface area contributed by atoms with Gasteiger partial charge in [-0.2, -0.15) is 0 Å². The lowest BCUT2D eigenvalue weighted by atomic mass is 10.1. The van der Waals surface area contributed by atoms with Crippen molar-refractivity contribution in [2.75, 3.05) is 33.8 Å². The molecule has 0 aromatic heterocycles. The van der Waals surface area contributed by atoms with Gasteiger partial charge in [-0.15, -0.1) is 0 Å². The van der Waals surface area contributed by atoms with E-state index >= 15 is 0 Å². The molecular formula is C17H39NO4. The Bertz CT molecular complexity index is 237. The molecule has 0 spiro atoms. The zero-order valence-corrected chi connectivity index (χ0v) is 14.9. The van der Waals surface area contributed by atoms with Crippen LogP contribution >= 0.6 is 0 Å². The van der Waals surface area contributed by atoms with Crippen LogP contribution in [0.4, 0.5) is 0 Å². The summed E-state index contributed by atoms with van der Waals surface area (Å²) in [5, 5.41) is 28.5. The number of rotatable bonds is 14. The first-order valence-electron chi connectivity index (χ1n) is 8.70. The van der Waals surface area contributed by atoms with Crippen LogP contribution in [0.25, 0.3) is 0 Å². The van der Waals surface area contributed by atoms with Crippen molar-refractivity contribution in [1.29, 1.82) is 0 Å². The van der Waals surface area contributed by atoms with Gasteiger partial charge in [-0.1, -0.05) is 58.3 Å². The van der Waals surface area contributed by atoms with E-state index in [1.165, 1.54) is 44.9 Å². The average Bonchev–Trinajstić information content (AvgIpc) is 2.40. The van der Waals surface area contributed by atoms with Crippen molar-refractivity contribution in [3.05, 3.63) is 0 Å². The molecule has 0 aliphatic carbocycles. The van der Waals surface area contributed by atoms with Gasteiger partial charge in [0, 0.05) is 0 Å². The summed E-state index contributed by atoms with van der Waals surface area (Å²) in [4.78, 5) is 0. The van der Waals surface area contributed by atoms with Crippen LogP contribution in [0, 0.1) is 0 Å². The summed E-state index contributed by atoms with van der Waals surface area (Å²) in [5.41, 5.74) is 0. The highest BCUT2D eigenvalue weighted by molar-refractivity contribution is 4.58. The SMILES string of the molecule is CCCCCCCCCCC(O)C[N+](C)(C)CC(O)CO.[OH-]. The third kappa shape index (κ3) is 14.7. The van der Waals surface area contributed by atoms with E-state index in [-0.39, 0.29) is 18.2 Å². The van der Waals surface area contributed by atoms with Crippen LogP contribution in [0.5, 0.6) is 0 Å². The Hall–Kier alpha value is -0.200. The maximum atomic E-state index is 10.1. The summed E-state index contributed by atoms with van der Waals surface area (Å²) in [7, 11) is 3.96. The van der Waals surface area contributed by atoms with Gasteiger partial charge < -0.3 is 25.3 Å². The molecule has 0 amide bonds. The second kappa shape index (κ2) is 14.4. The molecule has 0 heterocycles. The molecule has 0 rings (SSSR count). The first-order chi connectivity index (χ1) is 9.91. The maximum Gasteiger partial charge on any atom is 0.126 e. The third-order valence-corrected chi connectivity index (χ3v) is 4.01. The van der Waals surface area contributed by atoms with Gasteiger partial charge in [-0.05, 0) is 6.42 Å². The van der Waals surface area contributed by atoms with Crippen molar-refractivity contribution in [1.82, 2.24) is 0 Å². The second-order valence-electron chi connectivity index (χ2n) is 7.05. The highest BCUT2D eigenvalue weighted by Gasteiger charge is 2.23. The molecule has 0 bridgehead atoms. The van der Waals surface area contributed by atoms with Crippen LogP contribution in [0.15, 0.2) is 0 Å². The molecule has 0 aromatic carbocycles. The summed E-state index contributed by atoms with van der Waals surface area (Å²) < 4.78 is 0.542. The number of likely N-dealkylation sites (N-methyl/N-ethyl adjacent to an activating group) is 1. The Balaban J connectivity index is 0. The zero-order valence-electron chi connectivity index (χ0n) is 14.9. The minimum atomic E-state index is -0.699. The summed E-state index contributed by atoms with van der Waals surface area (Å²) in [6, 6.07) is 0. The van der Waals surface area contributed by atoms with E-state index in [0.29, 0.717) is 17.6 Å². The van der Waals surface area contributed by atoms with Gasteiger partial charge in [0.1, 0.15) is 25.3 Å². The number of hydrogen-bond donors (Lipinski definition) is 3. The molecule has 0 aliphatic heterocycles. The standard InChI is InChI=1S/C17H38NO3.H2O/c1-4-5-6-7-8-9-10-11-12-16(20)13-18(2,3)14-17(21)15-19;/h16-17,19-21H,4-15H2,1-3H3;1H2/q+1;/p-1. The van der Waals surface area contributed by atoms with Gasteiger partial charge >= 0.3 is 0 Å². The van der Waals surface area contributed by atoms with Crippen molar-refractivity contribution in [3.63, 3.8) is 0 Å². The van der Waals surface area contributed by atoms with Gasteiger partial charge in [0.05, 0.1) is 20.7 Å². The number of nitrogens with zero attached hydrogens (tertiary/aromatic N) is 1. The van der Waals surface area contributed by atoms with Crippen LogP contribution in [0.1, 0.15) is 64.7 Å². The van der Waals surface area contributed by atoms with Gasteiger partial charge in [0.2, 0.25) is 0 Å². The lowest BCUT2D eigenvalue weighted by Gasteiger charge is -2.33. The predicted octanol–water partition coefficient (Wildman–Crippen LogP) is 2.13. The van der Waals surface area contributed by atoms with Gasteiger partial charge in [0.15, 0.2) is 0 Å². The van der Waals surface area contributed by atoms with E-state index < -0.39 is 6.10 Å².